The van der Waals surface area contributed by atoms with Crippen molar-refractivity contribution >= 4 is 5.91 Å². The minimum Gasteiger partial charge on any atom is -0.334 e. The highest BCUT2D eigenvalue weighted by Crippen LogP contribution is 2.31. The zero-order valence-corrected chi connectivity index (χ0v) is 14.4. The molecule has 0 saturated carbocycles. The number of rotatable bonds is 5. The van der Waals surface area contributed by atoms with Crippen molar-refractivity contribution in [3.05, 3.63) is 77.1 Å². The minimum absolute atomic E-state index is 0.0441. The van der Waals surface area contributed by atoms with Gasteiger partial charge in [0, 0.05) is 12.6 Å². The molecule has 1 aromatic heterocycles. The molecule has 0 bridgehead atoms. The van der Waals surface area contributed by atoms with Gasteiger partial charge in [-0.3, -0.25) is 4.79 Å². The molecule has 6 nitrogen and oxygen atoms in total. The largest absolute Gasteiger partial charge is 0.416 e. The molecule has 27 heavy (non-hydrogen) atoms. The highest BCUT2D eigenvalue weighted by molar-refractivity contribution is 5.93. The summed E-state index contributed by atoms with van der Waals surface area (Å²) in [7, 11) is 1.59. The molecule has 9 heteroatoms. The van der Waals surface area contributed by atoms with Crippen LogP contribution in [0.5, 0.6) is 0 Å². The molecule has 0 aliphatic heterocycles. The van der Waals surface area contributed by atoms with Crippen molar-refractivity contribution in [2.24, 2.45) is 0 Å². The van der Waals surface area contributed by atoms with Gasteiger partial charge < -0.3 is 4.90 Å². The lowest BCUT2D eigenvalue weighted by Crippen LogP contribution is -2.26. The molecular formula is C18H16F3N5O. The first-order valence-corrected chi connectivity index (χ1v) is 8.07. The van der Waals surface area contributed by atoms with E-state index in [-0.39, 0.29) is 30.4 Å². The second-order valence-electron chi connectivity index (χ2n) is 5.92. The Morgan fingerprint density at radius 3 is 2.44 bits per heavy atom. The molecule has 2 aromatic carbocycles. The fourth-order valence-corrected chi connectivity index (χ4v) is 2.58. The van der Waals surface area contributed by atoms with Crippen LogP contribution in [0, 0.1) is 0 Å². The van der Waals surface area contributed by atoms with Crippen LogP contribution in [-0.2, 0) is 19.3 Å². The van der Waals surface area contributed by atoms with E-state index in [1.54, 1.807) is 31.3 Å². The molecule has 0 radical (unpaired) electrons. The first kappa shape index (κ1) is 18.6. The lowest BCUT2D eigenvalue weighted by molar-refractivity contribution is -0.138. The van der Waals surface area contributed by atoms with Gasteiger partial charge in [0.1, 0.15) is 0 Å². The van der Waals surface area contributed by atoms with Crippen molar-refractivity contribution in [3.8, 4) is 0 Å². The van der Waals surface area contributed by atoms with Gasteiger partial charge in [-0.05, 0) is 29.0 Å². The quantitative estimate of drug-likeness (QED) is 0.688. The number of carbonyl (C=O) groups is 1. The average Bonchev–Trinajstić information content (AvgIpc) is 3.08. The van der Waals surface area contributed by atoms with Crippen LogP contribution in [0.15, 0.2) is 54.6 Å². The highest BCUT2D eigenvalue weighted by atomic mass is 19.4. The summed E-state index contributed by atoms with van der Waals surface area (Å²) in [6.45, 7) is -0.0757. The summed E-state index contributed by atoms with van der Waals surface area (Å²) in [5.74, 6) is 0.0284. The van der Waals surface area contributed by atoms with Gasteiger partial charge in [0.05, 0.1) is 18.7 Å². The maximum Gasteiger partial charge on any atom is 0.416 e. The van der Waals surface area contributed by atoms with Crippen molar-refractivity contribution in [1.29, 1.82) is 0 Å². The molecule has 0 N–H and O–H groups in total. The molecule has 0 spiro atoms. The Morgan fingerprint density at radius 1 is 1.07 bits per heavy atom. The normalized spacial score (nSPS) is 11.4. The van der Waals surface area contributed by atoms with E-state index in [0.717, 1.165) is 10.9 Å². The highest BCUT2D eigenvalue weighted by Gasteiger charge is 2.33. The number of tetrazole rings is 1. The van der Waals surface area contributed by atoms with Gasteiger partial charge >= 0.3 is 6.18 Å². The maximum absolute atomic E-state index is 13.1. The SMILES string of the molecule is CN(Cc1nnn(Cc2ccccc2C(F)(F)F)n1)C(=O)c1ccccc1. The number of alkyl halides is 3. The predicted molar refractivity (Wildman–Crippen MR) is 90.6 cm³/mol. The standard InChI is InChI=1S/C18H16F3N5O/c1-25(17(27)13-7-3-2-4-8-13)12-16-22-24-26(23-16)11-14-9-5-6-10-15(14)18(19,20)21/h2-10H,11-12H2,1H3. The van der Waals surface area contributed by atoms with Crippen LogP contribution in [0.25, 0.3) is 0 Å². The van der Waals surface area contributed by atoms with Crippen molar-refractivity contribution in [3.63, 3.8) is 0 Å². The molecule has 0 aliphatic carbocycles. The van der Waals surface area contributed by atoms with Gasteiger partial charge in [0.15, 0.2) is 5.82 Å². The van der Waals surface area contributed by atoms with Crippen LogP contribution in [0.1, 0.15) is 27.3 Å². The van der Waals surface area contributed by atoms with Crippen LogP contribution in [0.3, 0.4) is 0 Å². The molecule has 0 saturated heterocycles. The van der Waals surface area contributed by atoms with Crippen molar-refractivity contribution in [2.75, 3.05) is 7.05 Å². The Labute approximate surface area is 153 Å². The Hall–Kier alpha value is -3.23. The zero-order valence-electron chi connectivity index (χ0n) is 14.4. The van der Waals surface area contributed by atoms with Crippen molar-refractivity contribution < 1.29 is 18.0 Å². The van der Waals surface area contributed by atoms with Gasteiger partial charge in [-0.15, -0.1) is 10.2 Å². The van der Waals surface area contributed by atoms with Crippen LogP contribution in [-0.4, -0.2) is 38.1 Å². The first-order chi connectivity index (χ1) is 12.8. The topological polar surface area (TPSA) is 63.9 Å². The summed E-state index contributed by atoms with van der Waals surface area (Å²) in [6.07, 6.45) is -4.46. The van der Waals surface area contributed by atoms with E-state index in [4.69, 9.17) is 0 Å². The molecule has 3 rings (SSSR count). The second-order valence-corrected chi connectivity index (χ2v) is 5.92. The fraction of sp³-hybridized carbons (Fsp3) is 0.222. The van der Waals surface area contributed by atoms with Crippen LogP contribution in [0.4, 0.5) is 13.2 Å². The van der Waals surface area contributed by atoms with E-state index in [0.29, 0.717) is 5.56 Å². The summed E-state index contributed by atoms with van der Waals surface area (Å²) in [5.41, 5.74) is -0.172. The molecule has 140 valence electrons. The molecular weight excluding hydrogens is 359 g/mol. The molecule has 3 aromatic rings. The second kappa shape index (κ2) is 7.56. The first-order valence-electron chi connectivity index (χ1n) is 8.07. The average molecular weight is 375 g/mol. The monoisotopic (exact) mass is 375 g/mol. The van der Waals surface area contributed by atoms with E-state index in [2.05, 4.69) is 15.4 Å². The Bertz CT molecular complexity index is 924. The summed E-state index contributed by atoms with van der Waals surface area (Å²) in [4.78, 5) is 14.8. The fourth-order valence-electron chi connectivity index (χ4n) is 2.58. The number of carbonyl (C=O) groups excluding carboxylic acids is 1. The molecule has 1 heterocycles. The maximum atomic E-state index is 13.1. The molecule has 0 atom stereocenters. The van der Waals surface area contributed by atoms with Crippen LogP contribution >= 0.6 is 0 Å². The number of halogens is 3. The van der Waals surface area contributed by atoms with Crippen molar-refractivity contribution in [2.45, 2.75) is 19.3 Å². The van der Waals surface area contributed by atoms with Gasteiger partial charge in [-0.1, -0.05) is 36.4 Å². The third-order valence-electron chi connectivity index (χ3n) is 3.87. The van der Waals surface area contributed by atoms with E-state index in [1.165, 1.54) is 23.1 Å². The molecule has 0 unspecified atom stereocenters. The van der Waals surface area contributed by atoms with Gasteiger partial charge in [-0.25, -0.2) is 0 Å². The van der Waals surface area contributed by atoms with Crippen molar-refractivity contribution in [1.82, 2.24) is 25.1 Å². The predicted octanol–water partition coefficient (Wildman–Crippen LogP) is 3.01. The smallest absolute Gasteiger partial charge is 0.334 e. The van der Waals surface area contributed by atoms with Crippen LogP contribution in [0.2, 0.25) is 0 Å². The van der Waals surface area contributed by atoms with Gasteiger partial charge in [0.25, 0.3) is 5.91 Å². The number of benzene rings is 2. The van der Waals surface area contributed by atoms with E-state index < -0.39 is 11.7 Å². The third kappa shape index (κ3) is 4.49. The van der Waals surface area contributed by atoms with E-state index >= 15 is 0 Å². The Kier molecular flexibility index (Phi) is 5.20. The van der Waals surface area contributed by atoms with E-state index in [9.17, 15) is 18.0 Å². The van der Waals surface area contributed by atoms with E-state index in [1.807, 2.05) is 6.07 Å². The number of aromatic nitrogens is 4. The number of hydrogen-bond donors (Lipinski definition) is 0. The lowest BCUT2D eigenvalue weighted by atomic mass is 10.1. The summed E-state index contributed by atoms with van der Waals surface area (Å²) < 4.78 is 39.2. The Morgan fingerprint density at radius 2 is 1.74 bits per heavy atom. The van der Waals surface area contributed by atoms with Crippen LogP contribution < -0.4 is 0 Å². The molecule has 0 aliphatic rings. The van der Waals surface area contributed by atoms with Gasteiger partial charge in [-0.2, -0.15) is 18.0 Å². The third-order valence-corrected chi connectivity index (χ3v) is 3.87. The number of amides is 1. The minimum atomic E-state index is -4.46. The Balaban J connectivity index is 1.70. The number of nitrogens with zero attached hydrogens (tertiary/aromatic N) is 5. The summed E-state index contributed by atoms with van der Waals surface area (Å²) in [5, 5.41) is 11.7. The summed E-state index contributed by atoms with van der Waals surface area (Å²) >= 11 is 0. The van der Waals surface area contributed by atoms with Gasteiger partial charge in [0.2, 0.25) is 0 Å². The summed E-state index contributed by atoms with van der Waals surface area (Å²) in [6, 6.07) is 13.9. The number of hydrogen-bond acceptors (Lipinski definition) is 4. The molecule has 0 fully saturated rings. The zero-order chi connectivity index (χ0) is 19.4. The molecule has 1 amide bonds. The lowest BCUT2D eigenvalue weighted by Gasteiger charge is -2.14.